The van der Waals surface area contributed by atoms with Gasteiger partial charge in [0.25, 0.3) is 0 Å². The molecular formula is C13H24N2O5S. The number of sulfone groups is 1. The molecule has 1 rings (SSSR count). The van der Waals surface area contributed by atoms with Gasteiger partial charge in [0.1, 0.15) is 9.84 Å². The molecule has 3 unspecified atom stereocenters. The fraction of sp³-hybridized carbons (Fsp3) is 0.846. The lowest BCUT2D eigenvalue weighted by molar-refractivity contribution is -0.142. The number of carboxylic acids is 1. The van der Waals surface area contributed by atoms with Crippen LogP contribution in [0.1, 0.15) is 39.0 Å². The molecule has 0 aromatic rings. The summed E-state index contributed by atoms with van der Waals surface area (Å²) in [6.45, 7) is 1.60. The van der Waals surface area contributed by atoms with E-state index in [2.05, 4.69) is 10.6 Å². The number of hydrogen-bond acceptors (Lipinski definition) is 4. The standard InChI is InChI=1S/C13H24N2O5S/c1-9(8-21(2,19)20)14-13(18)15-11-7-5-3-4-6-10(11)12(16)17/h9-11H,3-8H2,1-2H3,(H,16,17)(H2,14,15,18). The summed E-state index contributed by atoms with van der Waals surface area (Å²) >= 11 is 0. The first kappa shape index (κ1) is 17.7. The maximum Gasteiger partial charge on any atom is 0.315 e. The SMILES string of the molecule is CC(CS(C)(=O)=O)NC(=O)NC1CCCCCC1C(=O)O. The van der Waals surface area contributed by atoms with Crippen molar-refractivity contribution in [2.75, 3.05) is 12.0 Å². The fourth-order valence-corrected chi connectivity index (χ4v) is 3.70. The highest BCUT2D eigenvalue weighted by Gasteiger charge is 2.30. The van der Waals surface area contributed by atoms with E-state index in [0.717, 1.165) is 25.5 Å². The van der Waals surface area contributed by atoms with Gasteiger partial charge in [0.05, 0.1) is 11.7 Å². The van der Waals surface area contributed by atoms with Gasteiger partial charge >= 0.3 is 12.0 Å². The highest BCUT2D eigenvalue weighted by atomic mass is 32.2. The van der Waals surface area contributed by atoms with E-state index in [9.17, 15) is 23.1 Å². The first-order valence-corrected chi connectivity index (χ1v) is 9.22. The van der Waals surface area contributed by atoms with E-state index in [1.54, 1.807) is 6.92 Å². The van der Waals surface area contributed by atoms with Crippen LogP contribution in [0, 0.1) is 5.92 Å². The van der Waals surface area contributed by atoms with Crippen LogP contribution in [0.5, 0.6) is 0 Å². The van der Waals surface area contributed by atoms with Gasteiger partial charge in [0.15, 0.2) is 0 Å². The third kappa shape index (κ3) is 6.79. The number of urea groups is 1. The van der Waals surface area contributed by atoms with Crippen LogP contribution < -0.4 is 10.6 Å². The Morgan fingerprint density at radius 2 is 1.86 bits per heavy atom. The molecule has 1 aliphatic rings. The van der Waals surface area contributed by atoms with E-state index in [1.807, 2.05) is 0 Å². The first-order valence-electron chi connectivity index (χ1n) is 7.16. The third-order valence-electron chi connectivity index (χ3n) is 3.58. The summed E-state index contributed by atoms with van der Waals surface area (Å²) in [7, 11) is -3.17. The lowest BCUT2D eigenvalue weighted by atomic mass is 9.95. The summed E-state index contributed by atoms with van der Waals surface area (Å²) in [5, 5.41) is 14.5. The maximum atomic E-state index is 11.9. The van der Waals surface area contributed by atoms with Gasteiger partial charge in [-0.3, -0.25) is 4.79 Å². The van der Waals surface area contributed by atoms with Gasteiger partial charge < -0.3 is 15.7 Å². The topological polar surface area (TPSA) is 113 Å². The predicted octanol–water partition coefficient (Wildman–Crippen LogP) is 0.752. The predicted molar refractivity (Wildman–Crippen MR) is 78.8 cm³/mol. The second-order valence-electron chi connectivity index (χ2n) is 5.80. The van der Waals surface area contributed by atoms with Crippen molar-refractivity contribution in [1.29, 1.82) is 0 Å². The van der Waals surface area contributed by atoms with Gasteiger partial charge in [-0.25, -0.2) is 13.2 Å². The van der Waals surface area contributed by atoms with Gasteiger partial charge in [-0.2, -0.15) is 0 Å². The van der Waals surface area contributed by atoms with E-state index in [0.29, 0.717) is 12.8 Å². The third-order valence-corrected chi connectivity index (χ3v) is 4.69. The molecule has 3 atom stereocenters. The monoisotopic (exact) mass is 320 g/mol. The van der Waals surface area contributed by atoms with Gasteiger partial charge in [0, 0.05) is 18.3 Å². The molecule has 0 aromatic carbocycles. The highest BCUT2D eigenvalue weighted by Crippen LogP contribution is 2.23. The molecule has 0 saturated heterocycles. The van der Waals surface area contributed by atoms with Crippen molar-refractivity contribution in [3.8, 4) is 0 Å². The van der Waals surface area contributed by atoms with Crippen molar-refractivity contribution in [2.45, 2.75) is 51.1 Å². The zero-order valence-electron chi connectivity index (χ0n) is 12.5. The van der Waals surface area contributed by atoms with Crippen LogP contribution in [-0.4, -0.2) is 49.6 Å². The van der Waals surface area contributed by atoms with Crippen LogP contribution in [0.2, 0.25) is 0 Å². The smallest absolute Gasteiger partial charge is 0.315 e. The van der Waals surface area contributed by atoms with Crippen molar-refractivity contribution in [3.63, 3.8) is 0 Å². The molecule has 7 nitrogen and oxygen atoms in total. The molecule has 3 N–H and O–H groups in total. The zero-order valence-corrected chi connectivity index (χ0v) is 13.3. The molecule has 0 bridgehead atoms. The molecule has 0 aliphatic heterocycles. The summed E-state index contributed by atoms with van der Waals surface area (Å²) in [5.74, 6) is -1.62. The van der Waals surface area contributed by atoms with Crippen molar-refractivity contribution < 1.29 is 23.1 Å². The normalized spacial score (nSPS) is 24.7. The molecule has 2 amide bonds. The zero-order chi connectivity index (χ0) is 16.0. The Hall–Kier alpha value is -1.31. The minimum atomic E-state index is -3.17. The molecule has 0 aromatic heterocycles. The number of nitrogens with one attached hydrogen (secondary N) is 2. The lowest BCUT2D eigenvalue weighted by Gasteiger charge is -2.24. The molecule has 122 valence electrons. The molecule has 1 aliphatic carbocycles. The Labute approximate surface area is 125 Å². The van der Waals surface area contributed by atoms with Crippen LogP contribution in [0.3, 0.4) is 0 Å². The van der Waals surface area contributed by atoms with Crippen LogP contribution in [-0.2, 0) is 14.6 Å². The second-order valence-corrected chi connectivity index (χ2v) is 7.99. The quantitative estimate of drug-likeness (QED) is 0.647. The Balaban J connectivity index is 2.56. The summed E-state index contributed by atoms with van der Waals surface area (Å²) in [5.41, 5.74) is 0. The van der Waals surface area contributed by atoms with E-state index >= 15 is 0 Å². The number of carbonyl (C=O) groups is 2. The van der Waals surface area contributed by atoms with Gasteiger partial charge in [-0.1, -0.05) is 19.3 Å². The number of amides is 2. The highest BCUT2D eigenvalue weighted by molar-refractivity contribution is 7.90. The van der Waals surface area contributed by atoms with E-state index in [1.165, 1.54) is 0 Å². The molecule has 21 heavy (non-hydrogen) atoms. The van der Waals surface area contributed by atoms with Crippen LogP contribution >= 0.6 is 0 Å². The van der Waals surface area contributed by atoms with Crippen LogP contribution in [0.25, 0.3) is 0 Å². The summed E-state index contributed by atoms with van der Waals surface area (Å²) in [6, 6.07) is -1.44. The first-order chi connectivity index (χ1) is 9.69. The second kappa shape index (κ2) is 7.63. The summed E-state index contributed by atoms with van der Waals surface area (Å²) < 4.78 is 22.3. The van der Waals surface area contributed by atoms with Crippen molar-refractivity contribution in [3.05, 3.63) is 0 Å². The van der Waals surface area contributed by atoms with Crippen LogP contribution in [0.4, 0.5) is 4.79 Å². The van der Waals surface area contributed by atoms with Crippen molar-refractivity contribution >= 4 is 21.8 Å². The molecule has 8 heteroatoms. The Bertz CT molecular complexity index is 477. The summed E-state index contributed by atoms with van der Waals surface area (Å²) in [6.07, 6.45) is 4.99. The minimum absolute atomic E-state index is 0.145. The maximum absolute atomic E-state index is 11.9. The number of hydrogen-bond donors (Lipinski definition) is 3. The van der Waals surface area contributed by atoms with Crippen LogP contribution in [0.15, 0.2) is 0 Å². The number of carbonyl (C=O) groups excluding carboxylic acids is 1. The Morgan fingerprint density at radius 3 is 2.43 bits per heavy atom. The molecular weight excluding hydrogens is 296 g/mol. The molecule has 0 heterocycles. The van der Waals surface area contributed by atoms with E-state index in [-0.39, 0.29) is 5.75 Å². The number of rotatable bonds is 5. The average molecular weight is 320 g/mol. The average Bonchev–Trinajstić information content (AvgIpc) is 2.51. The molecule has 0 spiro atoms. The fourth-order valence-electron chi connectivity index (χ4n) is 2.71. The van der Waals surface area contributed by atoms with Crippen molar-refractivity contribution in [1.82, 2.24) is 10.6 Å². The Morgan fingerprint density at radius 1 is 1.24 bits per heavy atom. The largest absolute Gasteiger partial charge is 0.481 e. The van der Waals surface area contributed by atoms with Gasteiger partial charge in [0.2, 0.25) is 0 Å². The van der Waals surface area contributed by atoms with Gasteiger partial charge in [-0.05, 0) is 19.8 Å². The summed E-state index contributed by atoms with van der Waals surface area (Å²) in [4.78, 5) is 23.1. The van der Waals surface area contributed by atoms with E-state index in [4.69, 9.17) is 0 Å². The molecule has 0 radical (unpaired) electrons. The number of carboxylic acid groups (broad SMARTS) is 1. The molecule has 1 saturated carbocycles. The number of aliphatic carboxylic acids is 1. The molecule has 1 fully saturated rings. The van der Waals surface area contributed by atoms with E-state index < -0.39 is 39.8 Å². The van der Waals surface area contributed by atoms with Crippen molar-refractivity contribution in [2.24, 2.45) is 5.92 Å². The lowest BCUT2D eigenvalue weighted by Crippen LogP contribution is -2.50. The minimum Gasteiger partial charge on any atom is -0.481 e. The Kier molecular flexibility index (Phi) is 6.44. The van der Waals surface area contributed by atoms with Gasteiger partial charge in [-0.15, -0.1) is 0 Å².